The lowest BCUT2D eigenvalue weighted by Gasteiger charge is -2.15. The zero-order valence-corrected chi connectivity index (χ0v) is 13.4. The fraction of sp³-hybridized carbons (Fsp3) is 0.316. The summed E-state index contributed by atoms with van der Waals surface area (Å²) >= 11 is 0. The molecule has 22 heavy (non-hydrogen) atoms. The Balaban J connectivity index is 1.91. The Morgan fingerprint density at radius 2 is 1.73 bits per heavy atom. The lowest BCUT2D eigenvalue weighted by atomic mass is 10.1. The highest BCUT2D eigenvalue weighted by atomic mass is 16.5. The fourth-order valence-electron chi connectivity index (χ4n) is 2.16. The highest BCUT2D eigenvalue weighted by molar-refractivity contribution is 5.94. The molecule has 0 aliphatic carbocycles. The average molecular weight is 297 g/mol. The van der Waals surface area contributed by atoms with Gasteiger partial charge in [0.2, 0.25) is 0 Å². The molecule has 1 amide bonds. The minimum atomic E-state index is -0.543. The van der Waals surface area contributed by atoms with Gasteiger partial charge >= 0.3 is 0 Å². The average Bonchev–Trinajstić information content (AvgIpc) is 2.51. The van der Waals surface area contributed by atoms with E-state index in [0.29, 0.717) is 5.75 Å². The zero-order valence-electron chi connectivity index (χ0n) is 13.4. The molecule has 1 unspecified atom stereocenters. The number of anilines is 1. The molecule has 3 heteroatoms. The van der Waals surface area contributed by atoms with Crippen LogP contribution in [0.5, 0.6) is 5.75 Å². The number of hydrogen-bond donors (Lipinski definition) is 1. The van der Waals surface area contributed by atoms with E-state index in [9.17, 15) is 4.79 Å². The third-order valence-electron chi connectivity index (χ3n) is 3.46. The summed E-state index contributed by atoms with van der Waals surface area (Å²) in [6.07, 6.45) is 1.64. The van der Waals surface area contributed by atoms with Gasteiger partial charge in [0.1, 0.15) is 5.75 Å². The summed E-state index contributed by atoms with van der Waals surface area (Å²) < 4.78 is 5.69. The van der Waals surface area contributed by atoms with Crippen LogP contribution >= 0.6 is 0 Å². The van der Waals surface area contributed by atoms with Crippen molar-refractivity contribution in [1.82, 2.24) is 0 Å². The van der Waals surface area contributed by atoms with Crippen LogP contribution in [0, 0.1) is 6.92 Å². The first kappa shape index (κ1) is 16.1. The van der Waals surface area contributed by atoms with Crippen molar-refractivity contribution >= 4 is 11.6 Å². The number of carbonyl (C=O) groups is 1. The summed E-state index contributed by atoms with van der Waals surface area (Å²) in [4.78, 5) is 12.1. The lowest BCUT2D eigenvalue weighted by molar-refractivity contribution is -0.122. The normalized spacial score (nSPS) is 11.8. The molecule has 116 valence electrons. The van der Waals surface area contributed by atoms with Gasteiger partial charge in [-0.2, -0.15) is 0 Å². The monoisotopic (exact) mass is 297 g/mol. The molecule has 2 rings (SSSR count). The third-order valence-corrected chi connectivity index (χ3v) is 3.46. The quantitative estimate of drug-likeness (QED) is 0.860. The van der Waals surface area contributed by atoms with Gasteiger partial charge in [0.25, 0.3) is 5.91 Å². The van der Waals surface area contributed by atoms with E-state index in [1.807, 2.05) is 55.5 Å². The Morgan fingerprint density at radius 3 is 2.32 bits per heavy atom. The number of rotatable bonds is 6. The predicted molar refractivity (Wildman–Crippen MR) is 90.3 cm³/mol. The Labute approximate surface area is 132 Å². The van der Waals surface area contributed by atoms with E-state index >= 15 is 0 Å². The molecule has 2 aromatic carbocycles. The minimum absolute atomic E-state index is 0.151. The first-order valence-corrected chi connectivity index (χ1v) is 7.71. The lowest BCUT2D eigenvalue weighted by Crippen LogP contribution is -2.30. The van der Waals surface area contributed by atoms with E-state index in [1.54, 1.807) is 6.92 Å². The standard InChI is InChI=1S/C19H23NO2/c1-4-5-16-8-12-18(13-9-16)22-15(3)19(21)20-17-10-6-14(2)7-11-17/h6-13,15H,4-5H2,1-3H3,(H,20,21). The Morgan fingerprint density at radius 1 is 1.09 bits per heavy atom. The van der Waals surface area contributed by atoms with Crippen LogP contribution in [-0.4, -0.2) is 12.0 Å². The summed E-state index contributed by atoms with van der Waals surface area (Å²) in [5.74, 6) is 0.563. The topological polar surface area (TPSA) is 38.3 Å². The van der Waals surface area contributed by atoms with Crippen LogP contribution in [-0.2, 0) is 11.2 Å². The maximum atomic E-state index is 12.1. The molecule has 3 nitrogen and oxygen atoms in total. The molecule has 0 aliphatic heterocycles. The second kappa shape index (κ2) is 7.64. The van der Waals surface area contributed by atoms with E-state index < -0.39 is 6.10 Å². The van der Waals surface area contributed by atoms with Gasteiger partial charge in [0, 0.05) is 5.69 Å². The minimum Gasteiger partial charge on any atom is -0.481 e. The summed E-state index contributed by atoms with van der Waals surface area (Å²) in [5, 5.41) is 2.86. The summed E-state index contributed by atoms with van der Waals surface area (Å²) in [6, 6.07) is 15.6. The number of carbonyl (C=O) groups excluding carboxylic acids is 1. The molecule has 0 aromatic heterocycles. The number of nitrogens with one attached hydrogen (secondary N) is 1. The van der Waals surface area contributed by atoms with Crippen molar-refractivity contribution in [2.24, 2.45) is 0 Å². The molecular weight excluding hydrogens is 274 g/mol. The van der Waals surface area contributed by atoms with Gasteiger partial charge in [0.05, 0.1) is 0 Å². The van der Waals surface area contributed by atoms with Crippen LogP contribution in [0.25, 0.3) is 0 Å². The van der Waals surface area contributed by atoms with Gasteiger partial charge in [-0.15, -0.1) is 0 Å². The Kier molecular flexibility index (Phi) is 5.59. The molecule has 0 radical (unpaired) electrons. The molecule has 0 saturated carbocycles. The molecule has 0 fully saturated rings. The molecule has 2 aromatic rings. The van der Waals surface area contributed by atoms with E-state index in [0.717, 1.165) is 24.1 Å². The van der Waals surface area contributed by atoms with E-state index in [1.165, 1.54) is 5.56 Å². The van der Waals surface area contributed by atoms with Gasteiger partial charge in [-0.05, 0) is 50.1 Å². The van der Waals surface area contributed by atoms with Crippen molar-refractivity contribution in [3.63, 3.8) is 0 Å². The zero-order chi connectivity index (χ0) is 15.9. The van der Waals surface area contributed by atoms with Crippen molar-refractivity contribution in [2.45, 2.75) is 39.7 Å². The molecule has 0 bridgehead atoms. The molecule has 0 aliphatic rings. The Hall–Kier alpha value is -2.29. The maximum absolute atomic E-state index is 12.1. The van der Waals surface area contributed by atoms with Crippen molar-refractivity contribution in [3.05, 3.63) is 59.7 Å². The maximum Gasteiger partial charge on any atom is 0.265 e. The van der Waals surface area contributed by atoms with Crippen molar-refractivity contribution in [1.29, 1.82) is 0 Å². The first-order chi connectivity index (χ1) is 10.6. The largest absolute Gasteiger partial charge is 0.481 e. The third kappa shape index (κ3) is 4.62. The molecule has 1 N–H and O–H groups in total. The molecule has 1 atom stereocenters. The van der Waals surface area contributed by atoms with E-state index in [-0.39, 0.29) is 5.91 Å². The van der Waals surface area contributed by atoms with Crippen LogP contribution in [0.1, 0.15) is 31.4 Å². The Bertz CT molecular complexity index is 602. The van der Waals surface area contributed by atoms with Crippen LogP contribution in [0.3, 0.4) is 0 Å². The van der Waals surface area contributed by atoms with Crippen LogP contribution in [0.4, 0.5) is 5.69 Å². The van der Waals surface area contributed by atoms with Gasteiger partial charge < -0.3 is 10.1 Å². The highest BCUT2D eigenvalue weighted by Gasteiger charge is 2.14. The number of benzene rings is 2. The molecule has 0 spiro atoms. The predicted octanol–water partition coefficient (Wildman–Crippen LogP) is 4.35. The molecule has 0 heterocycles. The summed E-state index contributed by atoms with van der Waals surface area (Å²) in [7, 11) is 0. The van der Waals surface area contributed by atoms with E-state index in [4.69, 9.17) is 4.74 Å². The SMILES string of the molecule is CCCc1ccc(OC(C)C(=O)Nc2ccc(C)cc2)cc1. The summed E-state index contributed by atoms with van der Waals surface area (Å²) in [5.41, 5.74) is 3.23. The van der Waals surface area contributed by atoms with Gasteiger partial charge in [-0.3, -0.25) is 4.79 Å². The van der Waals surface area contributed by atoms with Crippen molar-refractivity contribution in [2.75, 3.05) is 5.32 Å². The fourth-order valence-corrected chi connectivity index (χ4v) is 2.16. The van der Waals surface area contributed by atoms with Gasteiger partial charge in [0.15, 0.2) is 6.10 Å². The van der Waals surface area contributed by atoms with E-state index in [2.05, 4.69) is 12.2 Å². The first-order valence-electron chi connectivity index (χ1n) is 7.71. The second-order valence-electron chi connectivity index (χ2n) is 5.51. The molecular formula is C19H23NO2. The second-order valence-corrected chi connectivity index (χ2v) is 5.51. The van der Waals surface area contributed by atoms with Crippen molar-refractivity contribution < 1.29 is 9.53 Å². The number of ether oxygens (including phenoxy) is 1. The smallest absolute Gasteiger partial charge is 0.265 e. The highest BCUT2D eigenvalue weighted by Crippen LogP contribution is 2.16. The number of amides is 1. The van der Waals surface area contributed by atoms with Gasteiger partial charge in [-0.25, -0.2) is 0 Å². The summed E-state index contributed by atoms with van der Waals surface area (Å²) in [6.45, 7) is 5.92. The van der Waals surface area contributed by atoms with Crippen LogP contribution in [0.15, 0.2) is 48.5 Å². The van der Waals surface area contributed by atoms with Crippen LogP contribution < -0.4 is 10.1 Å². The van der Waals surface area contributed by atoms with Crippen LogP contribution in [0.2, 0.25) is 0 Å². The van der Waals surface area contributed by atoms with Crippen molar-refractivity contribution in [3.8, 4) is 5.75 Å². The molecule has 0 saturated heterocycles. The number of aryl methyl sites for hydroxylation is 2. The van der Waals surface area contributed by atoms with Gasteiger partial charge in [-0.1, -0.05) is 43.2 Å². The number of hydrogen-bond acceptors (Lipinski definition) is 2.